The molecule has 3 aromatic heterocycles. The van der Waals surface area contributed by atoms with Crippen molar-refractivity contribution in [3.8, 4) is 17.3 Å². The predicted octanol–water partition coefficient (Wildman–Crippen LogP) is 7.04. The van der Waals surface area contributed by atoms with Gasteiger partial charge in [0, 0.05) is 48.6 Å². The molecule has 1 saturated carbocycles. The van der Waals surface area contributed by atoms with Crippen molar-refractivity contribution < 1.29 is 35.9 Å². The van der Waals surface area contributed by atoms with Gasteiger partial charge < -0.3 is 20.7 Å². The average molecular weight is 779 g/mol. The lowest BCUT2D eigenvalue weighted by atomic mass is 9.95. The molecule has 1 aromatic carbocycles. The summed E-state index contributed by atoms with van der Waals surface area (Å²) < 4.78 is 95.7. The molecule has 53 heavy (non-hydrogen) atoms. The second kappa shape index (κ2) is 13.0. The predicted molar refractivity (Wildman–Crippen MR) is 187 cm³/mol. The van der Waals surface area contributed by atoms with Crippen molar-refractivity contribution in [3.05, 3.63) is 56.5 Å². The third kappa shape index (κ3) is 6.33. The minimum absolute atomic E-state index is 0.00273. The first kappa shape index (κ1) is 35.8. The number of nitrogens with two attached hydrogens (primary N) is 1. The molecule has 3 saturated heterocycles. The third-order valence-electron chi connectivity index (χ3n) is 10.9. The molecule has 18 heteroatoms. The molecule has 3 aliphatic heterocycles. The minimum Gasteiger partial charge on any atom is -0.461 e. The van der Waals surface area contributed by atoms with Gasteiger partial charge in [0.1, 0.15) is 34.9 Å². The molecule has 4 fully saturated rings. The average Bonchev–Trinajstić information content (AvgIpc) is 3.91. The lowest BCUT2D eigenvalue weighted by Gasteiger charge is -2.34. The first-order valence-corrected chi connectivity index (χ1v) is 18.3. The number of piperidine rings is 1. The SMILES string of the molecule is Cc1cc(N)nc(-c2c(Cl)cc3c(N4CC5(NC(=O)/C(F)=C/c6nccs6)CCC4C5)nc(OCC45CCCN4CC(F)C5)nc3c2F)c1C(F)(F)F. The van der Waals surface area contributed by atoms with Gasteiger partial charge in [-0.3, -0.25) is 9.69 Å². The first-order chi connectivity index (χ1) is 25.2. The van der Waals surface area contributed by atoms with Gasteiger partial charge in [-0.25, -0.2) is 23.1 Å². The molecular weight excluding hydrogens is 746 g/mol. The number of aromatic nitrogens is 4. The number of nitrogen functional groups attached to an aromatic ring is 1. The zero-order chi connectivity index (χ0) is 37.4. The molecule has 10 nitrogen and oxygen atoms in total. The van der Waals surface area contributed by atoms with Crippen LogP contribution in [0.2, 0.25) is 5.02 Å². The number of thiazole rings is 1. The Hall–Kier alpha value is -4.22. The van der Waals surface area contributed by atoms with E-state index in [4.69, 9.17) is 27.1 Å². The number of nitrogens with one attached hydrogen (secondary N) is 1. The number of benzene rings is 1. The highest BCUT2D eigenvalue weighted by Gasteiger charge is 2.52. The molecule has 1 amide bonds. The first-order valence-electron chi connectivity index (χ1n) is 17.1. The summed E-state index contributed by atoms with van der Waals surface area (Å²) in [4.78, 5) is 33.8. The number of carbonyl (C=O) groups is 1. The van der Waals surface area contributed by atoms with Crippen LogP contribution in [0.25, 0.3) is 28.2 Å². The fourth-order valence-corrected chi connectivity index (χ4v) is 9.52. The Morgan fingerprint density at radius 2 is 2.04 bits per heavy atom. The maximum atomic E-state index is 16.9. The maximum absolute atomic E-state index is 16.9. The van der Waals surface area contributed by atoms with Crippen molar-refractivity contribution in [3.63, 3.8) is 0 Å². The molecule has 6 heterocycles. The highest BCUT2D eigenvalue weighted by atomic mass is 35.5. The van der Waals surface area contributed by atoms with Crippen molar-refractivity contribution in [2.24, 2.45) is 0 Å². The van der Waals surface area contributed by atoms with Gasteiger partial charge in [0.2, 0.25) is 0 Å². The summed E-state index contributed by atoms with van der Waals surface area (Å²) in [6.45, 7) is 2.30. The Morgan fingerprint density at radius 3 is 2.79 bits per heavy atom. The normalized spacial score (nSPS) is 25.8. The summed E-state index contributed by atoms with van der Waals surface area (Å²) in [6.07, 6.45) is -0.162. The number of fused-ring (bicyclic) bond motifs is 4. The fourth-order valence-electron chi connectivity index (χ4n) is 8.69. The number of amides is 1. The van der Waals surface area contributed by atoms with Crippen LogP contribution in [0.5, 0.6) is 6.01 Å². The summed E-state index contributed by atoms with van der Waals surface area (Å²) in [5, 5.41) is 4.52. The number of ether oxygens (including phenoxy) is 1. The van der Waals surface area contributed by atoms with Crippen LogP contribution in [0, 0.1) is 12.7 Å². The van der Waals surface area contributed by atoms with Crippen LogP contribution in [-0.2, 0) is 11.0 Å². The second-order valence-corrected chi connectivity index (χ2v) is 15.7. The molecule has 0 radical (unpaired) electrons. The quantitative estimate of drug-likeness (QED) is 0.143. The van der Waals surface area contributed by atoms with Gasteiger partial charge in [0.15, 0.2) is 11.6 Å². The van der Waals surface area contributed by atoms with Crippen molar-refractivity contribution in [2.45, 2.75) is 74.9 Å². The number of carbonyl (C=O) groups excluding carboxylic acids is 1. The van der Waals surface area contributed by atoms with Crippen LogP contribution in [0.15, 0.2) is 29.5 Å². The molecule has 3 N–H and O–H groups in total. The number of pyridine rings is 1. The largest absolute Gasteiger partial charge is 0.461 e. The highest BCUT2D eigenvalue weighted by molar-refractivity contribution is 7.10. The van der Waals surface area contributed by atoms with Gasteiger partial charge in [-0.1, -0.05) is 11.6 Å². The Labute approximate surface area is 308 Å². The number of aryl methyl sites for hydroxylation is 1. The van der Waals surface area contributed by atoms with Crippen LogP contribution in [0.3, 0.4) is 0 Å². The Kier molecular flexibility index (Phi) is 8.76. The van der Waals surface area contributed by atoms with E-state index in [9.17, 15) is 26.7 Å². The summed E-state index contributed by atoms with van der Waals surface area (Å²) in [5.41, 5.74) is 1.07. The number of hydrogen-bond donors (Lipinski definition) is 2. The van der Waals surface area contributed by atoms with Crippen molar-refractivity contribution >= 4 is 57.5 Å². The van der Waals surface area contributed by atoms with E-state index in [1.165, 1.54) is 30.5 Å². The van der Waals surface area contributed by atoms with Crippen molar-refractivity contribution in [2.75, 3.05) is 36.9 Å². The summed E-state index contributed by atoms with van der Waals surface area (Å²) >= 11 is 7.81. The van der Waals surface area contributed by atoms with Crippen LogP contribution >= 0.6 is 22.9 Å². The van der Waals surface area contributed by atoms with Crippen LogP contribution in [-0.4, -0.2) is 80.3 Å². The molecule has 4 aromatic rings. The van der Waals surface area contributed by atoms with Gasteiger partial charge in [0.25, 0.3) is 5.91 Å². The monoisotopic (exact) mass is 778 g/mol. The molecule has 1 aliphatic carbocycles. The van der Waals surface area contributed by atoms with Crippen LogP contribution < -0.4 is 20.7 Å². The Bertz CT molecular complexity index is 2160. The van der Waals surface area contributed by atoms with Crippen molar-refractivity contribution in [1.82, 2.24) is 30.2 Å². The number of halogens is 7. The van der Waals surface area contributed by atoms with Gasteiger partial charge in [-0.2, -0.15) is 23.1 Å². The molecule has 0 spiro atoms. The summed E-state index contributed by atoms with van der Waals surface area (Å²) in [6, 6.07) is 1.81. The molecule has 4 unspecified atom stereocenters. The maximum Gasteiger partial charge on any atom is 0.418 e. The van der Waals surface area contributed by atoms with E-state index in [1.54, 1.807) is 5.38 Å². The molecular formula is C35H33ClF6N8O2S. The van der Waals surface area contributed by atoms with E-state index in [0.717, 1.165) is 18.6 Å². The molecule has 280 valence electrons. The van der Waals surface area contributed by atoms with E-state index < -0.39 is 62.8 Å². The Balaban J connectivity index is 1.21. The zero-order valence-corrected chi connectivity index (χ0v) is 29.8. The van der Waals surface area contributed by atoms with Gasteiger partial charge in [-0.05, 0) is 63.3 Å². The third-order valence-corrected chi connectivity index (χ3v) is 11.9. The number of alkyl halides is 4. The smallest absolute Gasteiger partial charge is 0.418 e. The minimum atomic E-state index is -4.93. The van der Waals surface area contributed by atoms with Gasteiger partial charge in [-0.15, -0.1) is 11.3 Å². The number of anilines is 2. The number of hydrogen-bond acceptors (Lipinski definition) is 10. The Morgan fingerprint density at radius 1 is 1.23 bits per heavy atom. The highest BCUT2D eigenvalue weighted by Crippen LogP contribution is 2.48. The van der Waals surface area contributed by atoms with Gasteiger partial charge in [0.05, 0.1) is 32.9 Å². The standard InChI is InChI=1S/C35H33ClF6N8O2S/c1-17-9-23(43)45-29(26(17)35(40,41)42)25-21(36)10-20-28(27(25)39)46-32(52-16-34-4-2-7-49(34)14-18(37)12-34)47-30(20)50-15-33(5-3-19(50)13-33)48-31(51)22(38)11-24-44-6-8-53-24/h6,8-11,18-19H,2-5,7,12-16H2,1H3,(H2,43,45)(H,48,51)/b22-11-. The van der Waals surface area contributed by atoms with Crippen LogP contribution in [0.1, 0.15) is 54.7 Å². The van der Waals surface area contributed by atoms with Crippen molar-refractivity contribution in [1.29, 1.82) is 0 Å². The molecule has 2 bridgehead atoms. The lowest BCUT2D eigenvalue weighted by Crippen LogP contribution is -2.51. The summed E-state index contributed by atoms with van der Waals surface area (Å²) in [5.74, 6) is -3.22. The second-order valence-electron chi connectivity index (χ2n) is 14.3. The van der Waals surface area contributed by atoms with E-state index in [1.807, 2.05) is 9.80 Å². The lowest BCUT2D eigenvalue weighted by molar-refractivity contribution is -0.137. The molecule has 4 aliphatic rings. The summed E-state index contributed by atoms with van der Waals surface area (Å²) in [7, 11) is 0. The number of nitrogens with zero attached hydrogens (tertiary/aromatic N) is 6. The fraction of sp³-hybridized carbons (Fsp3) is 0.457. The van der Waals surface area contributed by atoms with E-state index in [-0.39, 0.29) is 66.3 Å². The number of rotatable bonds is 8. The zero-order valence-electron chi connectivity index (χ0n) is 28.2. The van der Waals surface area contributed by atoms with Gasteiger partial charge >= 0.3 is 12.2 Å². The molecule has 8 rings (SSSR count). The molecule has 4 atom stereocenters. The van der Waals surface area contributed by atoms with E-state index in [0.29, 0.717) is 37.2 Å². The topological polar surface area (TPSA) is 122 Å². The van der Waals surface area contributed by atoms with E-state index >= 15 is 4.39 Å². The van der Waals surface area contributed by atoms with Crippen LogP contribution in [0.4, 0.5) is 38.0 Å². The van der Waals surface area contributed by atoms with E-state index in [2.05, 4.69) is 20.3 Å².